The van der Waals surface area contributed by atoms with E-state index in [1.807, 2.05) is 0 Å². The molecule has 0 aliphatic heterocycles. The summed E-state index contributed by atoms with van der Waals surface area (Å²) in [7, 11) is -3.83. The maximum Gasteiger partial charge on any atom is 0.343 e. The molecule has 0 saturated heterocycles. The normalized spacial score (nSPS) is 11.3. The molecule has 130 valence electrons. The number of carbonyl (C=O) groups is 1. The Bertz CT molecular complexity index is 845. The van der Waals surface area contributed by atoms with E-state index < -0.39 is 33.3 Å². The van der Waals surface area contributed by atoms with E-state index in [0.29, 0.717) is 4.68 Å². The van der Waals surface area contributed by atoms with Crippen LogP contribution in [-0.2, 0) is 14.8 Å². The highest BCUT2D eigenvalue weighted by Gasteiger charge is 2.25. The van der Waals surface area contributed by atoms with Gasteiger partial charge in [0, 0.05) is 0 Å². The van der Waals surface area contributed by atoms with Crippen LogP contribution in [0.2, 0.25) is 0 Å². The van der Waals surface area contributed by atoms with Gasteiger partial charge in [0.2, 0.25) is 10.0 Å². The Morgan fingerprint density at radius 1 is 1.29 bits per heavy atom. The van der Waals surface area contributed by atoms with Crippen LogP contribution >= 0.6 is 0 Å². The molecule has 0 radical (unpaired) electrons. The van der Waals surface area contributed by atoms with Crippen molar-refractivity contribution in [2.75, 3.05) is 17.1 Å². The molecule has 10 heteroatoms. The number of hydrogen-bond donors (Lipinski definition) is 1. The molecular formula is C14H15F2N3O4S. The Labute approximate surface area is 137 Å². The van der Waals surface area contributed by atoms with E-state index in [-0.39, 0.29) is 23.7 Å². The van der Waals surface area contributed by atoms with E-state index >= 15 is 0 Å². The molecule has 0 amide bonds. The lowest BCUT2D eigenvalue weighted by molar-refractivity contribution is 0.0527. The summed E-state index contributed by atoms with van der Waals surface area (Å²) in [4.78, 5) is 12.0. The number of benzene rings is 1. The molecule has 0 aliphatic carbocycles. The first-order chi connectivity index (χ1) is 11.3. The smallest absolute Gasteiger partial charge is 0.343 e. The molecule has 0 aliphatic rings. The highest BCUT2D eigenvalue weighted by Crippen LogP contribution is 2.26. The third-order valence-electron chi connectivity index (χ3n) is 3.05. The van der Waals surface area contributed by atoms with Gasteiger partial charge in [-0.3, -0.25) is 4.72 Å². The molecular weight excluding hydrogens is 344 g/mol. The molecule has 0 fully saturated rings. The summed E-state index contributed by atoms with van der Waals surface area (Å²) in [6.07, 6.45) is 0.984. The number of nitrogens with one attached hydrogen (secondary N) is 1. The standard InChI is InChI=1S/C14H15F2N3O4S/c1-3-23-14(20)9-8-17-19(13(9)18-24(21,22)4-2)12-10(15)6-5-7-11(12)16/h5-8,18H,3-4H2,1-2H3. The minimum absolute atomic E-state index is 0.0397. The van der Waals surface area contributed by atoms with Gasteiger partial charge >= 0.3 is 5.97 Å². The SMILES string of the molecule is CCOC(=O)c1cnn(-c2c(F)cccc2F)c1NS(=O)(=O)CC. The van der Waals surface area contributed by atoms with Crippen LogP contribution in [0.4, 0.5) is 14.6 Å². The fourth-order valence-electron chi connectivity index (χ4n) is 1.89. The van der Waals surface area contributed by atoms with Gasteiger partial charge in [-0.1, -0.05) is 6.07 Å². The maximum absolute atomic E-state index is 14.0. The van der Waals surface area contributed by atoms with Crippen molar-refractivity contribution in [2.45, 2.75) is 13.8 Å². The second-order valence-corrected chi connectivity index (χ2v) is 6.63. The average Bonchev–Trinajstić information content (AvgIpc) is 2.90. The van der Waals surface area contributed by atoms with Crippen molar-refractivity contribution in [3.63, 3.8) is 0 Å². The molecule has 1 heterocycles. The Morgan fingerprint density at radius 2 is 1.92 bits per heavy atom. The lowest BCUT2D eigenvalue weighted by atomic mass is 10.3. The van der Waals surface area contributed by atoms with Crippen LogP contribution in [0.3, 0.4) is 0 Å². The highest BCUT2D eigenvalue weighted by molar-refractivity contribution is 7.92. The van der Waals surface area contributed by atoms with Crippen LogP contribution in [-0.4, -0.2) is 36.5 Å². The molecule has 0 saturated carbocycles. The summed E-state index contributed by atoms with van der Waals surface area (Å²) in [5, 5.41) is 3.74. The van der Waals surface area contributed by atoms with Gasteiger partial charge in [-0.05, 0) is 26.0 Å². The summed E-state index contributed by atoms with van der Waals surface area (Å²) >= 11 is 0. The predicted octanol–water partition coefficient (Wildman–Crippen LogP) is 2.09. The number of carbonyl (C=O) groups excluding carboxylic acids is 1. The van der Waals surface area contributed by atoms with Crippen LogP contribution in [0.25, 0.3) is 5.69 Å². The van der Waals surface area contributed by atoms with Crippen molar-refractivity contribution in [1.82, 2.24) is 9.78 Å². The van der Waals surface area contributed by atoms with E-state index in [2.05, 4.69) is 9.82 Å². The van der Waals surface area contributed by atoms with Gasteiger partial charge in [-0.25, -0.2) is 26.7 Å². The van der Waals surface area contributed by atoms with Crippen LogP contribution in [0.5, 0.6) is 0 Å². The third kappa shape index (κ3) is 3.53. The number of rotatable bonds is 6. The summed E-state index contributed by atoms with van der Waals surface area (Å²) in [6.45, 7) is 2.98. The lowest BCUT2D eigenvalue weighted by Crippen LogP contribution is -2.20. The molecule has 0 atom stereocenters. The Balaban J connectivity index is 2.67. The summed E-state index contributed by atoms with van der Waals surface area (Å²) in [6, 6.07) is 3.13. The van der Waals surface area contributed by atoms with Crippen LogP contribution in [0.1, 0.15) is 24.2 Å². The van der Waals surface area contributed by atoms with Gasteiger partial charge in [0.05, 0.1) is 18.6 Å². The third-order valence-corrected chi connectivity index (χ3v) is 4.31. The zero-order chi connectivity index (χ0) is 17.9. The fourth-order valence-corrected chi connectivity index (χ4v) is 2.52. The first kappa shape index (κ1) is 17.9. The summed E-state index contributed by atoms with van der Waals surface area (Å²) in [5.74, 6) is -3.50. The quantitative estimate of drug-likeness (QED) is 0.798. The number of nitrogens with zero attached hydrogens (tertiary/aromatic N) is 2. The van der Waals surface area contributed by atoms with Crippen molar-refractivity contribution in [2.24, 2.45) is 0 Å². The second kappa shape index (κ2) is 6.95. The van der Waals surface area contributed by atoms with Crippen molar-refractivity contribution < 1.29 is 26.7 Å². The van der Waals surface area contributed by atoms with E-state index in [1.54, 1.807) is 6.92 Å². The summed E-state index contributed by atoms with van der Waals surface area (Å²) < 4.78 is 59.3. The number of esters is 1. The Hall–Kier alpha value is -2.49. The molecule has 0 bridgehead atoms. The molecule has 1 N–H and O–H groups in total. The van der Waals surface area contributed by atoms with Crippen LogP contribution in [0.15, 0.2) is 24.4 Å². The van der Waals surface area contributed by atoms with Crippen LogP contribution < -0.4 is 4.72 Å². The van der Waals surface area contributed by atoms with Gasteiger partial charge in [0.25, 0.3) is 0 Å². The molecule has 1 aromatic carbocycles. The topological polar surface area (TPSA) is 90.3 Å². The highest BCUT2D eigenvalue weighted by atomic mass is 32.2. The van der Waals surface area contributed by atoms with Gasteiger partial charge in [0.1, 0.15) is 11.3 Å². The van der Waals surface area contributed by atoms with Gasteiger partial charge < -0.3 is 4.74 Å². The van der Waals surface area contributed by atoms with Crippen LogP contribution in [0, 0.1) is 11.6 Å². The molecule has 0 spiro atoms. The first-order valence-corrected chi connectivity index (χ1v) is 8.66. The minimum atomic E-state index is -3.83. The summed E-state index contributed by atoms with van der Waals surface area (Å²) in [5.41, 5.74) is -0.863. The number of anilines is 1. The van der Waals surface area contributed by atoms with Gasteiger partial charge in [-0.15, -0.1) is 0 Å². The molecule has 2 aromatic rings. The van der Waals surface area contributed by atoms with E-state index in [4.69, 9.17) is 4.74 Å². The molecule has 7 nitrogen and oxygen atoms in total. The van der Waals surface area contributed by atoms with E-state index in [0.717, 1.165) is 24.4 Å². The molecule has 1 aromatic heterocycles. The second-order valence-electron chi connectivity index (χ2n) is 4.61. The monoisotopic (exact) mass is 359 g/mol. The first-order valence-electron chi connectivity index (χ1n) is 7.00. The number of aromatic nitrogens is 2. The maximum atomic E-state index is 14.0. The lowest BCUT2D eigenvalue weighted by Gasteiger charge is -2.12. The van der Waals surface area contributed by atoms with Crippen molar-refractivity contribution >= 4 is 21.8 Å². The Kier molecular flexibility index (Phi) is 5.17. The molecule has 24 heavy (non-hydrogen) atoms. The van der Waals surface area contributed by atoms with Gasteiger partial charge in [0.15, 0.2) is 17.5 Å². The number of sulfonamides is 1. The largest absolute Gasteiger partial charge is 0.462 e. The predicted molar refractivity (Wildman–Crippen MR) is 82.5 cm³/mol. The molecule has 0 unspecified atom stereocenters. The van der Waals surface area contributed by atoms with E-state index in [9.17, 15) is 22.0 Å². The van der Waals surface area contributed by atoms with Crippen molar-refractivity contribution in [3.05, 3.63) is 41.6 Å². The Morgan fingerprint density at radius 3 is 2.46 bits per heavy atom. The van der Waals surface area contributed by atoms with Gasteiger partial charge in [-0.2, -0.15) is 5.10 Å². The number of hydrogen-bond acceptors (Lipinski definition) is 5. The number of ether oxygens (including phenoxy) is 1. The van der Waals surface area contributed by atoms with Crippen molar-refractivity contribution in [3.8, 4) is 5.69 Å². The van der Waals surface area contributed by atoms with E-state index in [1.165, 1.54) is 6.92 Å². The fraction of sp³-hybridized carbons (Fsp3) is 0.286. The average molecular weight is 359 g/mol. The number of para-hydroxylation sites is 1. The minimum Gasteiger partial charge on any atom is -0.462 e. The molecule has 2 rings (SSSR count). The van der Waals surface area contributed by atoms with Crippen molar-refractivity contribution in [1.29, 1.82) is 0 Å². The zero-order valence-electron chi connectivity index (χ0n) is 12.9. The zero-order valence-corrected chi connectivity index (χ0v) is 13.7. The number of halogens is 2.